The van der Waals surface area contributed by atoms with Gasteiger partial charge < -0.3 is 4.74 Å². The third kappa shape index (κ3) is 5.56. The van der Waals surface area contributed by atoms with E-state index in [1.165, 1.54) is 5.56 Å². The molecule has 2 atom stereocenters. The number of rotatable bonds is 7. The van der Waals surface area contributed by atoms with Gasteiger partial charge in [0.05, 0.1) is 6.61 Å². The second kappa shape index (κ2) is 8.76. The number of benzene rings is 2. The minimum absolute atomic E-state index is 0.176. The first-order valence-corrected chi connectivity index (χ1v) is 11.3. The molecule has 1 aliphatic rings. The summed E-state index contributed by atoms with van der Waals surface area (Å²) in [5.41, 5.74) is 1.46. The standard InChI is InChI=1S/C22H28ClNO2S/c1-22(2)14-18(16-26-20-7-9-21(10-8-20)27(3)25)15-24(22)12-11-17-5-4-6-19(23)13-17/h4-10,13,18H,11-12,14-16H2,1-3H3. The molecule has 0 aromatic heterocycles. The number of ether oxygens (including phenoxy) is 1. The Labute approximate surface area is 170 Å². The highest BCUT2D eigenvalue weighted by atomic mass is 35.5. The molecular weight excluding hydrogens is 378 g/mol. The van der Waals surface area contributed by atoms with Crippen LogP contribution < -0.4 is 4.74 Å². The van der Waals surface area contributed by atoms with Crippen LogP contribution >= 0.6 is 11.6 Å². The fraction of sp³-hybridized carbons (Fsp3) is 0.455. The SMILES string of the molecule is CS(=O)c1ccc(OCC2CN(CCc3cccc(Cl)c3)C(C)(C)C2)cc1. The van der Waals surface area contributed by atoms with Crippen LogP contribution in [-0.2, 0) is 17.2 Å². The highest BCUT2D eigenvalue weighted by Gasteiger charge is 2.38. The zero-order valence-corrected chi connectivity index (χ0v) is 17.9. The van der Waals surface area contributed by atoms with Crippen molar-refractivity contribution in [3.8, 4) is 5.75 Å². The van der Waals surface area contributed by atoms with E-state index in [4.69, 9.17) is 16.3 Å². The molecule has 0 saturated carbocycles. The summed E-state index contributed by atoms with van der Waals surface area (Å²) in [6.45, 7) is 7.42. The molecule has 0 N–H and O–H groups in total. The van der Waals surface area contributed by atoms with Crippen molar-refractivity contribution in [1.29, 1.82) is 0 Å². The molecule has 1 aliphatic heterocycles. The van der Waals surface area contributed by atoms with Crippen LogP contribution in [-0.4, -0.2) is 40.6 Å². The summed E-state index contributed by atoms with van der Waals surface area (Å²) in [4.78, 5) is 3.39. The smallest absolute Gasteiger partial charge is 0.119 e. The first-order valence-electron chi connectivity index (χ1n) is 9.39. The Balaban J connectivity index is 1.52. The third-order valence-electron chi connectivity index (χ3n) is 5.32. The van der Waals surface area contributed by atoms with Crippen LogP contribution in [0.15, 0.2) is 53.4 Å². The van der Waals surface area contributed by atoms with E-state index in [1.54, 1.807) is 6.26 Å². The van der Waals surface area contributed by atoms with Crippen molar-refractivity contribution in [2.75, 3.05) is 26.0 Å². The monoisotopic (exact) mass is 405 g/mol. The third-order valence-corrected chi connectivity index (χ3v) is 6.49. The average molecular weight is 406 g/mol. The van der Waals surface area contributed by atoms with E-state index in [9.17, 15) is 4.21 Å². The summed E-state index contributed by atoms with van der Waals surface area (Å²) < 4.78 is 17.5. The molecule has 0 amide bonds. The van der Waals surface area contributed by atoms with Crippen LogP contribution in [0.3, 0.4) is 0 Å². The van der Waals surface area contributed by atoms with Crippen molar-refractivity contribution in [1.82, 2.24) is 4.90 Å². The summed E-state index contributed by atoms with van der Waals surface area (Å²) in [5.74, 6) is 1.36. The van der Waals surface area contributed by atoms with E-state index in [1.807, 2.05) is 36.4 Å². The van der Waals surface area contributed by atoms with Gasteiger partial charge in [0.2, 0.25) is 0 Å². The van der Waals surface area contributed by atoms with Crippen LogP contribution in [0, 0.1) is 5.92 Å². The van der Waals surface area contributed by atoms with Crippen LogP contribution in [0.25, 0.3) is 0 Å². The molecule has 2 unspecified atom stereocenters. The number of hydrogen-bond acceptors (Lipinski definition) is 3. The van der Waals surface area contributed by atoms with Crippen LogP contribution in [0.4, 0.5) is 0 Å². The predicted octanol–water partition coefficient (Wildman–Crippen LogP) is 4.80. The highest BCUT2D eigenvalue weighted by molar-refractivity contribution is 7.84. The van der Waals surface area contributed by atoms with Crippen molar-refractivity contribution < 1.29 is 8.95 Å². The lowest BCUT2D eigenvalue weighted by Crippen LogP contribution is -2.39. The maximum Gasteiger partial charge on any atom is 0.119 e. The number of halogens is 1. The van der Waals surface area contributed by atoms with Gasteiger partial charge in [-0.15, -0.1) is 0 Å². The average Bonchev–Trinajstić information content (AvgIpc) is 2.92. The zero-order valence-electron chi connectivity index (χ0n) is 16.3. The van der Waals surface area contributed by atoms with Crippen molar-refractivity contribution in [3.05, 3.63) is 59.1 Å². The quantitative estimate of drug-likeness (QED) is 0.662. The molecule has 27 heavy (non-hydrogen) atoms. The molecule has 0 aliphatic carbocycles. The number of nitrogens with zero attached hydrogens (tertiary/aromatic N) is 1. The van der Waals surface area contributed by atoms with Crippen LogP contribution in [0.1, 0.15) is 25.8 Å². The predicted molar refractivity (Wildman–Crippen MR) is 113 cm³/mol. The van der Waals surface area contributed by atoms with E-state index in [0.29, 0.717) is 12.5 Å². The minimum atomic E-state index is -0.949. The normalized spacial score (nSPS) is 20.5. The van der Waals surface area contributed by atoms with Gasteiger partial charge in [0.25, 0.3) is 0 Å². The van der Waals surface area contributed by atoms with Crippen molar-refractivity contribution in [2.24, 2.45) is 5.92 Å². The number of likely N-dealkylation sites (tertiary alicyclic amines) is 1. The van der Waals surface area contributed by atoms with E-state index in [0.717, 1.165) is 41.6 Å². The summed E-state index contributed by atoms with van der Waals surface area (Å²) >= 11 is 6.10. The maximum atomic E-state index is 11.5. The molecule has 2 aromatic carbocycles. The van der Waals surface area contributed by atoms with Gasteiger partial charge in [-0.25, -0.2) is 0 Å². The highest BCUT2D eigenvalue weighted by Crippen LogP contribution is 2.33. The Bertz CT molecular complexity index is 791. The van der Waals surface area contributed by atoms with Gasteiger partial charge in [-0.05, 0) is 68.7 Å². The second-order valence-electron chi connectivity index (χ2n) is 7.95. The minimum Gasteiger partial charge on any atom is -0.493 e. The maximum absolute atomic E-state index is 11.5. The van der Waals surface area contributed by atoms with Gasteiger partial charge in [0, 0.05) is 51.5 Å². The summed E-state index contributed by atoms with van der Waals surface area (Å²) in [6.07, 6.45) is 3.82. The van der Waals surface area contributed by atoms with Crippen molar-refractivity contribution in [2.45, 2.75) is 37.1 Å². The largest absolute Gasteiger partial charge is 0.493 e. The summed E-state index contributed by atoms with van der Waals surface area (Å²) in [6, 6.07) is 15.7. The molecule has 146 valence electrons. The molecule has 1 fully saturated rings. The van der Waals surface area contributed by atoms with E-state index >= 15 is 0 Å². The molecule has 5 heteroatoms. The molecule has 2 aromatic rings. The number of hydrogen-bond donors (Lipinski definition) is 0. The summed E-state index contributed by atoms with van der Waals surface area (Å²) in [5, 5.41) is 0.803. The van der Waals surface area contributed by atoms with Crippen molar-refractivity contribution >= 4 is 22.4 Å². The lowest BCUT2D eigenvalue weighted by Gasteiger charge is -2.31. The van der Waals surface area contributed by atoms with Crippen LogP contribution in [0.5, 0.6) is 5.75 Å². The van der Waals surface area contributed by atoms with Crippen LogP contribution in [0.2, 0.25) is 5.02 Å². The molecule has 0 spiro atoms. The van der Waals surface area contributed by atoms with Gasteiger partial charge in [0.1, 0.15) is 5.75 Å². The van der Waals surface area contributed by atoms with E-state index in [2.05, 4.69) is 30.9 Å². The molecule has 0 bridgehead atoms. The van der Waals surface area contributed by atoms with Gasteiger partial charge in [0.15, 0.2) is 0 Å². The molecule has 3 nitrogen and oxygen atoms in total. The fourth-order valence-electron chi connectivity index (χ4n) is 3.86. The Morgan fingerprint density at radius 2 is 1.96 bits per heavy atom. The topological polar surface area (TPSA) is 29.5 Å². The zero-order chi connectivity index (χ0) is 19.4. The molecule has 1 saturated heterocycles. The van der Waals surface area contributed by atoms with Crippen molar-refractivity contribution in [3.63, 3.8) is 0 Å². The lowest BCUT2D eigenvalue weighted by atomic mass is 9.97. The van der Waals surface area contributed by atoms with Gasteiger partial charge in [-0.3, -0.25) is 9.11 Å². The Hall–Kier alpha value is -1.36. The van der Waals surface area contributed by atoms with Gasteiger partial charge in [-0.2, -0.15) is 0 Å². The van der Waals surface area contributed by atoms with Gasteiger partial charge in [-0.1, -0.05) is 23.7 Å². The lowest BCUT2D eigenvalue weighted by molar-refractivity contribution is 0.175. The molecular formula is C22H28ClNO2S. The Morgan fingerprint density at radius 3 is 2.63 bits per heavy atom. The first kappa shape index (κ1) is 20.4. The second-order valence-corrected chi connectivity index (χ2v) is 9.76. The molecule has 0 radical (unpaired) electrons. The van der Waals surface area contributed by atoms with E-state index in [-0.39, 0.29) is 5.54 Å². The Kier molecular flexibility index (Phi) is 6.61. The van der Waals surface area contributed by atoms with E-state index < -0.39 is 10.8 Å². The fourth-order valence-corrected chi connectivity index (χ4v) is 4.59. The summed E-state index contributed by atoms with van der Waals surface area (Å²) in [7, 11) is -0.949. The molecule has 3 rings (SSSR count). The van der Waals surface area contributed by atoms with Gasteiger partial charge >= 0.3 is 0 Å². The first-order chi connectivity index (χ1) is 12.8. The Morgan fingerprint density at radius 1 is 1.22 bits per heavy atom. The molecule has 1 heterocycles.